The van der Waals surface area contributed by atoms with Gasteiger partial charge in [0.1, 0.15) is 5.75 Å². The lowest BCUT2D eigenvalue weighted by molar-refractivity contribution is -0.121. The van der Waals surface area contributed by atoms with Gasteiger partial charge in [-0.1, -0.05) is 18.2 Å². The predicted octanol–water partition coefficient (Wildman–Crippen LogP) is 3.56. The number of carbonyl (C=O) groups is 1. The normalized spacial score (nSPS) is 15.1. The third-order valence-electron chi connectivity index (χ3n) is 5.17. The minimum Gasteiger partial charge on any atom is -0.494 e. The summed E-state index contributed by atoms with van der Waals surface area (Å²) < 4.78 is 24.2. The van der Waals surface area contributed by atoms with E-state index in [1.54, 1.807) is 6.07 Å². The molecule has 0 unspecified atom stereocenters. The first kappa shape index (κ1) is 21.1. The van der Waals surface area contributed by atoms with E-state index in [9.17, 15) is 9.18 Å². The Bertz CT molecular complexity index is 802. The molecule has 0 radical (unpaired) electrons. The molecular formula is C23H29FN2O3. The molecule has 1 heterocycles. The van der Waals surface area contributed by atoms with Crippen LogP contribution >= 0.6 is 0 Å². The molecule has 0 aromatic heterocycles. The van der Waals surface area contributed by atoms with E-state index in [1.165, 1.54) is 13.2 Å². The van der Waals surface area contributed by atoms with Gasteiger partial charge in [-0.25, -0.2) is 4.39 Å². The highest BCUT2D eigenvalue weighted by atomic mass is 19.1. The first-order chi connectivity index (χ1) is 14.1. The van der Waals surface area contributed by atoms with Gasteiger partial charge in [0.2, 0.25) is 5.91 Å². The van der Waals surface area contributed by atoms with Crippen LogP contribution in [0.3, 0.4) is 0 Å². The molecule has 0 saturated carbocycles. The van der Waals surface area contributed by atoms with Crippen LogP contribution in [0.25, 0.3) is 0 Å². The van der Waals surface area contributed by atoms with E-state index in [-0.39, 0.29) is 23.5 Å². The first-order valence-electron chi connectivity index (χ1n) is 10.1. The van der Waals surface area contributed by atoms with Crippen molar-refractivity contribution in [2.75, 3.05) is 26.8 Å². The number of nitrogens with one attached hydrogen (secondary N) is 1. The topological polar surface area (TPSA) is 50.8 Å². The number of likely N-dealkylation sites (tertiary alicyclic amines) is 1. The van der Waals surface area contributed by atoms with Crippen LogP contribution in [0.1, 0.15) is 30.9 Å². The van der Waals surface area contributed by atoms with Crippen LogP contribution in [0.2, 0.25) is 0 Å². The summed E-state index contributed by atoms with van der Waals surface area (Å²) in [7, 11) is 1.47. The van der Waals surface area contributed by atoms with E-state index in [4.69, 9.17) is 9.47 Å². The molecule has 0 bridgehead atoms. The van der Waals surface area contributed by atoms with Gasteiger partial charge in [-0.3, -0.25) is 9.69 Å². The Hall–Kier alpha value is -2.60. The second-order valence-electron chi connectivity index (χ2n) is 7.34. The summed E-state index contributed by atoms with van der Waals surface area (Å²) in [4.78, 5) is 14.6. The van der Waals surface area contributed by atoms with Crippen molar-refractivity contribution in [2.45, 2.75) is 38.8 Å². The van der Waals surface area contributed by atoms with E-state index in [1.807, 2.05) is 37.3 Å². The number of amides is 1. The van der Waals surface area contributed by atoms with Crippen LogP contribution in [0.4, 0.5) is 4.39 Å². The van der Waals surface area contributed by atoms with E-state index in [0.29, 0.717) is 19.6 Å². The number of benzene rings is 2. The molecular weight excluding hydrogens is 371 g/mol. The van der Waals surface area contributed by atoms with Gasteiger partial charge in [-0.05, 0) is 55.2 Å². The average Bonchev–Trinajstić information content (AvgIpc) is 2.71. The largest absolute Gasteiger partial charge is 0.494 e. The average molecular weight is 400 g/mol. The van der Waals surface area contributed by atoms with Crippen LogP contribution in [-0.4, -0.2) is 43.7 Å². The van der Waals surface area contributed by atoms with Gasteiger partial charge in [0, 0.05) is 25.7 Å². The van der Waals surface area contributed by atoms with Crippen LogP contribution in [0.15, 0.2) is 42.5 Å². The lowest BCUT2D eigenvalue weighted by Crippen LogP contribution is -2.44. The molecule has 1 aliphatic heterocycles. The van der Waals surface area contributed by atoms with Crippen molar-refractivity contribution in [3.8, 4) is 11.5 Å². The Morgan fingerprint density at radius 2 is 1.83 bits per heavy atom. The number of nitrogens with zero attached hydrogens (tertiary/aromatic N) is 1. The molecule has 156 valence electrons. The molecule has 6 heteroatoms. The summed E-state index contributed by atoms with van der Waals surface area (Å²) in [6, 6.07) is 12.9. The van der Waals surface area contributed by atoms with Crippen molar-refractivity contribution in [2.24, 2.45) is 0 Å². The number of hydrogen-bond donors (Lipinski definition) is 1. The maximum absolute atomic E-state index is 13.9. The highest BCUT2D eigenvalue weighted by Gasteiger charge is 2.21. The Balaban J connectivity index is 1.42. The minimum atomic E-state index is -0.332. The maximum Gasteiger partial charge on any atom is 0.224 e. The first-order valence-corrected chi connectivity index (χ1v) is 10.1. The fourth-order valence-corrected chi connectivity index (χ4v) is 3.64. The number of carbonyl (C=O) groups excluding carboxylic acids is 1. The zero-order valence-corrected chi connectivity index (χ0v) is 17.1. The van der Waals surface area contributed by atoms with Crippen molar-refractivity contribution < 1.29 is 18.7 Å². The molecule has 2 aromatic rings. The summed E-state index contributed by atoms with van der Waals surface area (Å²) in [5.41, 5.74) is 1.91. The highest BCUT2D eigenvalue weighted by Crippen LogP contribution is 2.20. The van der Waals surface area contributed by atoms with Crippen molar-refractivity contribution in [3.05, 3.63) is 59.4 Å². The molecule has 0 atom stereocenters. The lowest BCUT2D eigenvalue weighted by Gasteiger charge is -2.32. The Morgan fingerprint density at radius 1 is 1.14 bits per heavy atom. The molecule has 1 amide bonds. The van der Waals surface area contributed by atoms with Gasteiger partial charge in [0.05, 0.1) is 20.1 Å². The minimum absolute atomic E-state index is 0.0461. The van der Waals surface area contributed by atoms with Crippen molar-refractivity contribution in [3.63, 3.8) is 0 Å². The number of rotatable bonds is 8. The molecule has 5 nitrogen and oxygen atoms in total. The number of hydrogen-bond acceptors (Lipinski definition) is 4. The summed E-state index contributed by atoms with van der Waals surface area (Å²) in [6.07, 6.45) is 2.17. The quantitative estimate of drug-likeness (QED) is 0.736. The van der Waals surface area contributed by atoms with E-state index in [0.717, 1.165) is 42.8 Å². The lowest BCUT2D eigenvalue weighted by atomic mass is 10.0. The van der Waals surface area contributed by atoms with Gasteiger partial charge >= 0.3 is 0 Å². The van der Waals surface area contributed by atoms with Gasteiger partial charge < -0.3 is 14.8 Å². The molecule has 1 N–H and O–H groups in total. The van der Waals surface area contributed by atoms with Gasteiger partial charge in [-0.2, -0.15) is 0 Å². The highest BCUT2D eigenvalue weighted by molar-refractivity contribution is 5.78. The second-order valence-corrected chi connectivity index (χ2v) is 7.34. The molecule has 0 spiro atoms. The molecule has 29 heavy (non-hydrogen) atoms. The second kappa shape index (κ2) is 10.3. The van der Waals surface area contributed by atoms with Crippen molar-refractivity contribution >= 4 is 5.91 Å². The molecule has 1 fully saturated rings. The third kappa shape index (κ3) is 6.19. The monoisotopic (exact) mass is 400 g/mol. The van der Waals surface area contributed by atoms with E-state index >= 15 is 0 Å². The summed E-state index contributed by atoms with van der Waals surface area (Å²) in [5, 5.41) is 3.14. The standard InChI is InChI=1S/C23H29FN2O3/c1-3-29-20-7-4-17(5-8-20)15-23(27)25-19-10-12-26(13-11-19)16-18-6-9-22(28-2)21(24)14-18/h4-9,14,19H,3,10-13,15-16H2,1-2H3,(H,25,27). The van der Waals surface area contributed by atoms with Crippen LogP contribution < -0.4 is 14.8 Å². The maximum atomic E-state index is 13.9. The molecule has 1 saturated heterocycles. The summed E-state index contributed by atoms with van der Waals surface area (Å²) in [6.45, 7) is 5.03. The Morgan fingerprint density at radius 3 is 2.45 bits per heavy atom. The van der Waals surface area contributed by atoms with Gasteiger partial charge in [0.15, 0.2) is 11.6 Å². The fourth-order valence-electron chi connectivity index (χ4n) is 3.64. The van der Waals surface area contributed by atoms with Crippen LogP contribution in [0.5, 0.6) is 11.5 Å². The van der Waals surface area contributed by atoms with Gasteiger partial charge in [-0.15, -0.1) is 0 Å². The molecule has 2 aromatic carbocycles. The zero-order chi connectivity index (χ0) is 20.6. The Kier molecular flexibility index (Phi) is 7.47. The molecule has 3 rings (SSSR count). The number of halogens is 1. The van der Waals surface area contributed by atoms with E-state index < -0.39 is 0 Å². The molecule has 1 aliphatic rings. The molecule has 0 aliphatic carbocycles. The van der Waals surface area contributed by atoms with Gasteiger partial charge in [0.25, 0.3) is 0 Å². The number of ether oxygens (including phenoxy) is 2. The smallest absolute Gasteiger partial charge is 0.224 e. The Labute approximate surface area is 171 Å². The zero-order valence-electron chi connectivity index (χ0n) is 17.1. The number of methoxy groups -OCH3 is 1. The van der Waals surface area contributed by atoms with Crippen molar-refractivity contribution in [1.29, 1.82) is 0 Å². The third-order valence-corrected chi connectivity index (χ3v) is 5.17. The van der Waals surface area contributed by atoms with Crippen molar-refractivity contribution in [1.82, 2.24) is 10.2 Å². The fraction of sp³-hybridized carbons (Fsp3) is 0.435. The summed E-state index contributed by atoms with van der Waals surface area (Å²) in [5.74, 6) is 0.801. The van der Waals surface area contributed by atoms with Crippen LogP contribution in [-0.2, 0) is 17.8 Å². The van der Waals surface area contributed by atoms with Crippen LogP contribution in [0, 0.1) is 5.82 Å². The SMILES string of the molecule is CCOc1ccc(CC(=O)NC2CCN(Cc3ccc(OC)c(F)c3)CC2)cc1. The summed E-state index contributed by atoms with van der Waals surface area (Å²) >= 11 is 0. The number of piperidine rings is 1. The predicted molar refractivity (Wildman–Crippen MR) is 111 cm³/mol. The van der Waals surface area contributed by atoms with E-state index in [2.05, 4.69) is 10.2 Å².